The summed E-state index contributed by atoms with van der Waals surface area (Å²) in [6.07, 6.45) is -3.02. The van der Waals surface area contributed by atoms with E-state index in [2.05, 4.69) is 20.2 Å². The van der Waals surface area contributed by atoms with Gasteiger partial charge in [-0.1, -0.05) is 0 Å². The fourth-order valence-corrected chi connectivity index (χ4v) is 5.60. The van der Waals surface area contributed by atoms with E-state index in [1.165, 1.54) is 13.2 Å². The van der Waals surface area contributed by atoms with E-state index >= 15 is 0 Å². The van der Waals surface area contributed by atoms with Crippen LogP contribution in [0.15, 0.2) is 6.07 Å². The Morgan fingerprint density at radius 3 is 2.66 bits per heavy atom. The van der Waals surface area contributed by atoms with E-state index in [0.717, 1.165) is 43.7 Å². The van der Waals surface area contributed by atoms with Crippen LogP contribution < -0.4 is 15.0 Å². The highest BCUT2D eigenvalue weighted by atomic mass is 32.1. The minimum atomic E-state index is -4.28. The molecule has 1 unspecified atom stereocenters. The Labute approximate surface area is 188 Å². The van der Waals surface area contributed by atoms with E-state index in [-0.39, 0.29) is 22.3 Å². The number of hydrogen-bond acceptors (Lipinski definition) is 7. The topological polar surface area (TPSA) is 76.6 Å². The van der Waals surface area contributed by atoms with Gasteiger partial charge in [-0.25, -0.2) is 4.79 Å². The van der Waals surface area contributed by atoms with Crippen LogP contribution in [0, 0.1) is 5.41 Å². The molecule has 2 fully saturated rings. The van der Waals surface area contributed by atoms with Crippen molar-refractivity contribution in [3.63, 3.8) is 0 Å². The number of rotatable bonds is 4. The zero-order chi connectivity index (χ0) is 23.3. The lowest BCUT2D eigenvalue weighted by Crippen LogP contribution is -2.56. The highest BCUT2D eigenvalue weighted by molar-refractivity contribution is 7.18. The molecule has 11 heteroatoms. The van der Waals surface area contributed by atoms with Gasteiger partial charge in [-0.15, -0.1) is 11.3 Å². The van der Waals surface area contributed by atoms with Crippen LogP contribution in [0.25, 0.3) is 10.2 Å². The van der Waals surface area contributed by atoms with Gasteiger partial charge in [-0.3, -0.25) is 0 Å². The monoisotopic (exact) mass is 472 g/mol. The number of alkyl halides is 3. The molecule has 1 N–H and O–H groups in total. The first-order chi connectivity index (χ1) is 14.8. The second-order valence-electron chi connectivity index (χ2n) is 9.70. The van der Waals surface area contributed by atoms with Crippen molar-refractivity contribution in [3.8, 4) is 6.01 Å². The summed E-state index contributed by atoms with van der Waals surface area (Å²) in [5.41, 5.74) is -0.494. The molecular formula is C21H27F3N4O3S. The first kappa shape index (κ1) is 22.9. The molecule has 7 nitrogen and oxygen atoms in total. The summed E-state index contributed by atoms with van der Waals surface area (Å²) in [7, 11) is 1.44. The Hall–Kier alpha value is -2.30. The van der Waals surface area contributed by atoms with Crippen LogP contribution in [0.1, 0.15) is 44.9 Å². The Kier molecular flexibility index (Phi) is 5.67. The van der Waals surface area contributed by atoms with E-state index in [0.29, 0.717) is 16.0 Å². The molecule has 0 aromatic carbocycles. The van der Waals surface area contributed by atoms with E-state index < -0.39 is 24.3 Å². The third kappa shape index (κ3) is 5.02. The molecule has 2 aromatic heterocycles. The van der Waals surface area contributed by atoms with Crippen molar-refractivity contribution in [1.29, 1.82) is 0 Å². The Bertz CT molecular complexity index is 1010. The van der Waals surface area contributed by atoms with Crippen LogP contribution in [0.3, 0.4) is 0 Å². The van der Waals surface area contributed by atoms with Gasteiger partial charge >= 0.3 is 18.3 Å². The maximum absolute atomic E-state index is 12.9. The van der Waals surface area contributed by atoms with Crippen molar-refractivity contribution in [2.24, 2.45) is 5.41 Å². The summed E-state index contributed by atoms with van der Waals surface area (Å²) < 4.78 is 49.1. The molecule has 0 bridgehead atoms. The third-order valence-electron chi connectivity index (χ3n) is 5.74. The lowest BCUT2D eigenvalue weighted by Gasteiger charge is -2.49. The van der Waals surface area contributed by atoms with E-state index in [9.17, 15) is 18.0 Å². The van der Waals surface area contributed by atoms with Crippen LogP contribution in [0.2, 0.25) is 0 Å². The number of carbonyl (C=O) groups excluding carboxylic acids is 1. The number of alkyl carbamates (subject to hydrolysis) is 1. The number of ether oxygens (including phenoxy) is 2. The van der Waals surface area contributed by atoms with Crippen LogP contribution in [0.5, 0.6) is 6.01 Å². The van der Waals surface area contributed by atoms with Crippen molar-refractivity contribution < 1.29 is 27.4 Å². The number of carbonyl (C=O) groups is 1. The number of thiophene rings is 1. The SMILES string of the molecule is COc1nc(N2CC3(CCC(NC(=O)OC(C)(C)C)C3)C2)c2cc(CC(F)(F)F)sc2n1. The summed E-state index contributed by atoms with van der Waals surface area (Å²) in [6, 6.07) is 1.73. The van der Waals surface area contributed by atoms with Gasteiger partial charge in [-0.2, -0.15) is 23.1 Å². The summed E-state index contributed by atoms with van der Waals surface area (Å²) in [5, 5.41) is 3.57. The normalized spacial score (nSPS) is 20.5. The number of fused-ring (bicyclic) bond motifs is 1. The average Bonchev–Trinajstić information content (AvgIpc) is 3.19. The zero-order valence-electron chi connectivity index (χ0n) is 18.5. The van der Waals surface area contributed by atoms with Gasteiger partial charge < -0.3 is 19.7 Å². The Balaban J connectivity index is 1.46. The number of amides is 1. The zero-order valence-corrected chi connectivity index (χ0v) is 19.3. The molecule has 4 rings (SSSR count). The lowest BCUT2D eigenvalue weighted by atomic mass is 9.78. The third-order valence-corrected chi connectivity index (χ3v) is 6.76. The molecule has 176 valence electrons. The van der Waals surface area contributed by atoms with Gasteiger partial charge in [0.2, 0.25) is 0 Å². The second kappa shape index (κ2) is 7.93. The highest BCUT2D eigenvalue weighted by Gasteiger charge is 2.49. The van der Waals surface area contributed by atoms with Gasteiger partial charge in [0.15, 0.2) is 0 Å². The van der Waals surface area contributed by atoms with Gasteiger partial charge in [0.25, 0.3) is 0 Å². The number of aromatic nitrogens is 2. The molecule has 3 heterocycles. The molecule has 1 aliphatic carbocycles. The van der Waals surface area contributed by atoms with Crippen molar-refractivity contribution in [2.75, 3.05) is 25.1 Å². The largest absolute Gasteiger partial charge is 0.467 e. The standard InChI is InChI=1S/C21H27F3N4O3S/c1-19(2,3)31-18(29)25-12-5-6-20(8-12)10-28(11-20)15-14-7-13(9-21(22,23)24)32-16(14)27-17(26-15)30-4/h7,12H,5-6,8-11H2,1-4H3,(H,25,29). The second-order valence-corrected chi connectivity index (χ2v) is 10.8. The summed E-state index contributed by atoms with van der Waals surface area (Å²) in [4.78, 5) is 23.5. The first-order valence-electron chi connectivity index (χ1n) is 10.5. The van der Waals surface area contributed by atoms with Crippen molar-refractivity contribution >= 4 is 33.5 Å². The molecule has 2 aliphatic rings. The fourth-order valence-electron chi connectivity index (χ4n) is 4.56. The molecule has 1 amide bonds. The number of methoxy groups -OCH3 is 1. The minimum Gasteiger partial charge on any atom is -0.467 e. The van der Waals surface area contributed by atoms with E-state index in [1.54, 1.807) is 0 Å². The maximum Gasteiger partial charge on any atom is 0.407 e. The Morgan fingerprint density at radius 2 is 2.03 bits per heavy atom. The van der Waals surface area contributed by atoms with E-state index in [4.69, 9.17) is 9.47 Å². The Morgan fingerprint density at radius 1 is 1.31 bits per heavy atom. The van der Waals surface area contributed by atoms with E-state index in [1.807, 2.05) is 20.8 Å². The predicted octanol–water partition coefficient (Wildman–Crippen LogP) is 4.69. The van der Waals surface area contributed by atoms with Crippen molar-refractivity contribution in [2.45, 2.75) is 64.3 Å². The van der Waals surface area contributed by atoms with Crippen molar-refractivity contribution in [1.82, 2.24) is 15.3 Å². The van der Waals surface area contributed by atoms with Crippen LogP contribution in [-0.4, -0.2) is 54.1 Å². The summed E-state index contributed by atoms with van der Waals surface area (Å²) >= 11 is 1.02. The quantitative estimate of drug-likeness (QED) is 0.696. The molecule has 1 atom stereocenters. The lowest BCUT2D eigenvalue weighted by molar-refractivity contribution is -0.126. The minimum absolute atomic E-state index is 0.0477. The molecule has 0 radical (unpaired) electrons. The number of nitrogens with zero attached hydrogens (tertiary/aromatic N) is 3. The molecule has 2 aromatic rings. The first-order valence-corrected chi connectivity index (χ1v) is 11.3. The molecular weight excluding hydrogens is 445 g/mol. The van der Waals surface area contributed by atoms with Crippen LogP contribution in [-0.2, 0) is 11.2 Å². The predicted molar refractivity (Wildman–Crippen MR) is 115 cm³/mol. The molecule has 1 aliphatic heterocycles. The smallest absolute Gasteiger partial charge is 0.407 e. The molecule has 1 saturated heterocycles. The molecule has 1 spiro atoms. The summed E-state index contributed by atoms with van der Waals surface area (Å²) in [5.74, 6) is 0.603. The fraction of sp³-hybridized carbons (Fsp3) is 0.667. The maximum atomic E-state index is 12.9. The van der Waals surface area contributed by atoms with Crippen molar-refractivity contribution in [3.05, 3.63) is 10.9 Å². The number of hydrogen-bond donors (Lipinski definition) is 1. The number of nitrogens with one attached hydrogen (secondary N) is 1. The van der Waals surface area contributed by atoms with Gasteiger partial charge in [0.1, 0.15) is 16.2 Å². The van der Waals surface area contributed by atoms with Gasteiger partial charge in [0, 0.05) is 29.4 Å². The van der Waals surface area contributed by atoms with Crippen LogP contribution in [0.4, 0.5) is 23.8 Å². The number of halogens is 3. The van der Waals surface area contributed by atoms with Gasteiger partial charge in [0.05, 0.1) is 18.9 Å². The average molecular weight is 473 g/mol. The van der Waals surface area contributed by atoms with Gasteiger partial charge in [-0.05, 0) is 46.1 Å². The number of anilines is 1. The van der Waals surface area contributed by atoms with Crippen LogP contribution >= 0.6 is 11.3 Å². The molecule has 32 heavy (non-hydrogen) atoms. The molecule has 1 saturated carbocycles. The summed E-state index contributed by atoms with van der Waals surface area (Å²) in [6.45, 7) is 6.92. The highest BCUT2D eigenvalue weighted by Crippen LogP contribution is 2.48.